The standard InChI is InChI=1S/C16H22FN3O2/c1-16(2,3)13(8-21-12-20-11-18-10-19-20)9-22-15-6-4-14(17)5-7-15/h4-7,10-11,13H,8-9,12H2,1-3H3. The Morgan fingerprint density at radius 3 is 2.50 bits per heavy atom. The summed E-state index contributed by atoms with van der Waals surface area (Å²) in [4.78, 5) is 3.87. The Morgan fingerprint density at radius 1 is 1.18 bits per heavy atom. The summed E-state index contributed by atoms with van der Waals surface area (Å²) in [5.41, 5.74) is 0.0302. The van der Waals surface area contributed by atoms with Crippen molar-refractivity contribution in [2.45, 2.75) is 27.5 Å². The van der Waals surface area contributed by atoms with Gasteiger partial charge in [-0.2, -0.15) is 5.10 Å². The molecule has 2 rings (SSSR count). The quantitative estimate of drug-likeness (QED) is 0.788. The SMILES string of the molecule is CC(C)(C)C(COCn1cncn1)COc1ccc(F)cc1. The van der Waals surface area contributed by atoms with E-state index in [1.165, 1.54) is 18.5 Å². The van der Waals surface area contributed by atoms with E-state index in [9.17, 15) is 4.39 Å². The van der Waals surface area contributed by atoms with E-state index in [1.54, 1.807) is 23.1 Å². The van der Waals surface area contributed by atoms with Crippen molar-refractivity contribution in [2.75, 3.05) is 13.2 Å². The summed E-state index contributed by atoms with van der Waals surface area (Å²) in [5, 5.41) is 3.99. The minimum absolute atomic E-state index is 0.0302. The van der Waals surface area contributed by atoms with Gasteiger partial charge in [0.2, 0.25) is 0 Å². The van der Waals surface area contributed by atoms with Gasteiger partial charge in [0.15, 0.2) is 0 Å². The molecule has 6 heteroatoms. The molecule has 0 saturated carbocycles. The van der Waals surface area contributed by atoms with Crippen molar-refractivity contribution < 1.29 is 13.9 Å². The van der Waals surface area contributed by atoms with E-state index in [2.05, 4.69) is 30.9 Å². The molecule has 2 aromatic rings. The van der Waals surface area contributed by atoms with Crippen molar-refractivity contribution in [3.05, 3.63) is 42.7 Å². The summed E-state index contributed by atoms with van der Waals surface area (Å²) >= 11 is 0. The molecule has 0 radical (unpaired) electrons. The van der Waals surface area contributed by atoms with Crippen LogP contribution < -0.4 is 4.74 Å². The van der Waals surface area contributed by atoms with Crippen molar-refractivity contribution in [3.63, 3.8) is 0 Å². The summed E-state index contributed by atoms with van der Waals surface area (Å²) in [7, 11) is 0. The minimum Gasteiger partial charge on any atom is -0.493 e. The van der Waals surface area contributed by atoms with E-state index >= 15 is 0 Å². The second kappa shape index (κ2) is 7.35. The molecule has 0 aliphatic carbocycles. The number of halogens is 1. The fraction of sp³-hybridized carbons (Fsp3) is 0.500. The molecule has 1 atom stereocenters. The highest BCUT2D eigenvalue weighted by atomic mass is 19.1. The maximum absolute atomic E-state index is 12.9. The van der Waals surface area contributed by atoms with Crippen molar-refractivity contribution in [1.82, 2.24) is 14.8 Å². The summed E-state index contributed by atoms with van der Waals surface area (Å²) in [5.74, 6) is 0.587. The van der Waals surface area contributed by atoms with Gasteiger partial charge in [-0.25, -0.2) is 14.1 Å². The van der Waals surface area contributed by atoms with E-state index in [1.807, 2.05) is 0 Å². The van der Waals surface area contributed by atoms with Gasteiger partial charge in [0.1, 0.15) is 31.0 Å². The number of ether oxygens (including phenoxy) is 2. The molecule has 0 spiro atoms. The normalized spacial score (nSPS) is 13.1. The largest absolute Gasteiger partial charge is 0.493 e. The van der Waals surface area contributed by atoms with Crippen LogP contribution in [0.15, 0.2) is 36.9 Å². The van der Waals surface area contributed by atoms with Crippen LogP contribution in [0.3, 0.4) is 0 Å². The third-order valence-corrected chi connectivity index (χ3v) is 3.50. The van der Waals surface area contributed by atoms with Crippen molar-refractivity contribution in [2.24, 2.45) is 11.3 Å². The van der Waals surface area contributed by atoms with Crippen LogP contribution in [0.1, 0.15) is 20.8 Å². The monoisotopic (exact) mass is 307 g/mol. The molecule has 1 aromatic heterocycles. The maximum atomic E-state index is 12.9. The molecule has 0 aliphatic rings. The van der Waals surface area contributed by atoms with Gasteiger partial charge >= 0.3 is 0 Å². The Balaban J connectivity index is 1.84. The molecule has 5 nitrogen and oxygen atoms in total. The Hall–Kier alpha value is -1.95. The zero-order valence-electron chi connectivity index (χ0n) is 13.2. The fourth-order valence-electron chi connectivity index (χ4n) is 1.86. The molecule has 0 saturated heterocycles. The molecule has 0 bridgehead atoms. The summed E-state index contributed by atoms with van der Waals surface area (Å²) in [6, 6.07) is 6.04. The average molecular weight is 307 g/mol. The van der Waals surface area contributed by atoms with Gasteiger partial charge in [-0.3, -0.25) is 0 Å². The van der Waals surface area contributed by atoms with Crippen LogP contribution in [0.5, 0.6) is 5.75 Å². The molecule has 1 aromatic carbocycles. The minimum atomic E-state index is -0.268. The highest BCUT2D eigenvalue weighted by Gasteiger charge is 2.25. The van der Waals surface area contributed by atoms with E-state index < -0.39 is 0 Å². The molecule has 0 amide bonds. The van der Waals surface area contributed by atoms with Crippen LogP contribution in [0.4, 0.5) is 4.39 Å². The predicted octanol–water partition coefficient (Wildman–Crippen LogP) is 3.13. The lowest BCUT2D eigenvalue weighted by molar-refractivity contribution is -0.00375. The number of aromatic nitrogens is 3. The lowest BCUT2D eigenvalue weighted by Crippen LogP contribution is -2.31. The molecule has 1 unspecified atom stereocenters. The first-order chi connectivity index (χ1) is 10.4. The molecular weight excluding hydrogens is 285 g/mol. The van der Waals surface area contributed by atoms with Crippen LogP contribution >= 0.6 is 0 Å². The van der Waals surface area contributed by atoms with Crippen molar-refractivity contribution in [1.29, 1.82) is 0 Å². The van der Waals surface area contributed by atoms with Gasteiger partial charge in [-0.1, -0.05) is 20.8 Å². The number of hydrogen-bond acceptors (Lipinski definition) is 4. The second-order valence-electron chi connectivity index (χ2n) is 6.26. The number of hydrogen-bond donors (Lipinski definition) is 0. The van der Waals surface area contributed by atoms with Crippen LogP contribution in [0.2, 0.25) is 0 Å². The first-order valence-electron chi connectivity index (χ1n) is 7.23. The first-order valence-corrected chi connectivity index (χ1v) is 7.23. The van der Waals surface area contributed by atoms with Gasteiger partial charge in [0.25, 0.3) is 0 Å². The van der Waals surface area contributed by atoms with E-state index in [0.717, 1.165) is 0 Å². The van der Waals surface area contributed by atoms with Crippen LogP contribution in [-0.4, -0.2) is 28.0 Å². The van der Waals surface area contributed by atoms with Gasteiger partial charge < -0.3 is 9.47 Å². The van der Waals surface area contributed by atoms with Crippen molar-refractivity contribution in [3.8, 4) is 5.75 Å². The summed E-state index contributed by atoms with van der Waals surface area (Å²) < 4.78 is 26.0. The Morgan fingerprint density at radius 2 is 1.91 bits per heavy atom. The smallest absolute Gasteiger partial charge is 0.141 e. The van der Waals surface area contributed by atoms with Gasteiger partial charge in [-0.05, 0) is 29.7 Å². The van der Waals surface area contributed by atoms with E-state index in [-0.39, 0.29) is 17.2 Å². The number of nitrogens with zero attached hydrogens (tertiary/aromatic N) is 3. The Labute approximate surface area is 130 Å². The lowest BCUT2D eigenvalue weighted by Gasteiger charge is -2.30. The summed E-state index contributed by atoms with van der Waals surface area (Å²) in [6.45, 7) is 7.85. The van der Waals surface area contributed by atoms with Crippen molar-refractivity contribution >= 4 is 0 Å². The second-order valence-corrected chi connectivity index (χ2v) is 6.26. The van der Waals surface area contributed by atoms with E-state index in [0.29, 0.717) is 25.7 Å². The molecule has 0 N–H and O–H groups in total. The highest BCUT2D eigenvalue weighted by Crippen LogP contribution is 2.27. The Kier molecular flexibility index (Phi) is 5.49. The topological polar surface area (TPSA) is 49.2 Å². The van der Waals surface area contributed by atoms with Gasteiger partial charge in [-0.15, -0.1) is 0 Å². The molecule has 22 heavy (non-hydrogen) atoms. The molecule has 0 aliphatic heterocycles. The molecule has 1 heterocycles. The fourth-order valence-corrected chi connectivity index (χ4v) is 1.86. The van der Waals surface area contributed by atoms with Gasteiger partial charge in [0, 0.05) is 5.92 Å². The Bertz CT molecular complexity index is 550. The highest BCUT2D eigenvalue weighted by molar-refractivity contribution is 5.22. The third-order valence-electron chi connectivity index (χ3n) is 3.50. The first kappa shape index (κ1) is 16.4. The third kappa shape index (κ3) is 5.11. The van der Waals surface area contributed by atoms with Crippen LogP contribution in [0.25, 0.3) is 0 Å². The zero-order valence-corrected chi connectivity index (χ0v) is 13.2. The van der Waals surface area contributed by atoms with Gasteiger partial charge in [0.05, 0.1) is 13.2 Å². The number of rotatable bonds is 7. The van der Waals surface area contributed by atoms with Crippen LogP contribution in [0, 0.1) is 17.2 Å². The predicted molar refractivity (Wildman–Crippen MR) is 80.8 cm³/mol. The molecule has 0 fully saturated rings. The molecular formula is C16H22FN3O2. The van der Waals surface area contributed by atoms with Crippen LogP contribution in [-0.2, 0) is 11.5 Å². The number of benzene rings is 1. The molecule has 120 valence electrons. The summed E-state index contributed by atoms with van der Waals surface area (Å²) in [6.07, 6.45) is 3.09. The zero-order chi connectivity index (χ0) is 16.0. The van der Waals surface area contributed by atoms with E-state index in [4.69, 9.17) is 9.47 Å². The average Bonchev–Trinajstić information content (AvgIpc) is 2.96. The maximum Gasteiger partial charge on any atom is 0.141 e. The lowest BCUT2D eigenvalue weighted by atomic mass is 9.82.